The molecular formula is C15H15ClN2O2S. The number of aliphatic hydroxyl groups is 1. The van der Waals surface area contributed by atoms with E-state index in [0.717, 1.165) is 10.4 Å². The molecule has 21 heavy (non-hydrogen) atoms. The monoisotopic (exact) mass is 322 g/mol. The molecule has 0 aromatic carbocycles. The fourth-order valence-electron chi connectivity index (χ4n) is 1.91. The summed E-state index contributed by atoms with van der Waals surface area (Å²) in [5.74, 6) is 5.37. The van der Waals surface area contributed by atoms with Crippen molar-refractivity contribution in [1.82, 2.24) is 9.47 Å². The fourth-order valence-corrected chi connectivity index (χ4v) is 3.03. The molecule has 4 nitrogen and oxygen atoms in total. The van der Waals surface area contributed by atoms with E-state index in [9.17, 15) is 4.79 Å². The predicted molar refractivity (Wildman–Crippen MR) is 84.5 cm³/mol. The van der Waals surface area contributed by atoms with Crippen LogP contribution in [0.3, 0.4) is 0 Å². The summed E-state index contributed by atoms with van der Waals surface area (Å²) in [6.07, 6.45) is 1.70. The lowest BCUT2D eigenvalue weighted by Crippen LogP contribution is -2.27. The maximum absolute atomic E-state index is 12.4. The van der Waals surface area contributed by atoms with Crippen LogP contribution in [0.5, 0.6) is 0 Å². The van der Waals surface area contributed by atoms with Gasteiger partial charge in [0.05, 0.1) is 11.6 Å². The van der Waals surface area contributed by atoms with E-state index in [2.05, 4.69) is 11.8 Å². The van der Waals surface area contributed by atoms with Gasteiger partial charge in [0, 0.05) is 36.1 Å². The Labute approximate surface area is 132 Å². The minimum atomic E-state index is -0.155. The summed E-state index contributed by atoms with van der Waals surface area (Å²) < 4.78 is 1.72. The van der Waals surface area contributed by atoms with Crippen molar-refractivity contribution in [3.63, 3.8) is 0 Å². The van der Waals surface area contributed by atoms with Gasteiger partial charge < -0.3 is 14.6 Å². The highest BCUT2D eigenvalue weighted by Crippen LogP contribution is 2.18. The molecule has 0 unspecified atom stereocenters. The first kappa shape index (κ1) is 15.6. The van der Waals surface area contributed by atoms with E-state index >= 15 is 0 Å². The number of hydrogen-bond donors (Lipinski definition) is 1. The topological polar surface area (TPSA) is 45.5 Å². The van der Waals surface area contributed by atoms with Gasteiger partial charge in [-0.1, -0.05) is 23.4 Å². The number of carbonyl (C=O) groups is 1. The first-order valence-electron chi connectivity index (χ1n) is 6.25. The number of amides is 1. The second-order valence-electron chi connectivity index (χ2n) is 4.58. The van der Waals surface area contributed by atoms with Crippen LogP contribution in [-0.4, -0.2) is 34.1 Å². The third-order valence-corrected chi connectivity index (χ3v) is 4.02. The zero-order valence-electron chi connectivity index (χ0n) is 11.8. The highest BCUT2D eigenvalue weighted by Gasteiger charge is 2.16. The molecule has 2 heterocycles. The normalized spacial score (nSPS) is 10.1. The Morgan fingerprint density at radius 3 is 2.90 bits per heavy atom. The molecule has 6 heteroatoms. The maximum atomic E-state index is 12.4. The van der Waals surface area contributed by atoms with Crippen LogP contribution in [0.15, 0.2) is 23.7 Å². The van der Waals surface area contributed by atoms with E-state index in [-0.39, 0.29) is 12.5 Å². The molecule has 1 N–H and O–H groups in total. The molecule has 2 aromatic rings. The van der Waals surface area contributed by atoms with Gasteiger partial charge in [0.1, 0.15) is 12.3 Å². The van der Waals surface area contributed by atoms with Crippen LogP contribution >= 0.6 is 22.9 Å². The number of aryl methyl sites for hydroxylation is 1. The molecule has 110 valence electrons. The lowest BCUT2D eigenvalue weighted by molar-refractivity contribution is 0.0777. The van der Waals surface area contributed by atoms with Crippen LogP contribution in [0.25, 0.3) is 0 Å². The number of aliphatic hydroxyl groups excluding tert-OH is 1. The van der Waals surface area contributed by atoms with Crippen LogP contribution in [0.1, 0.15) is 20.9 Å². The molecule has 0 aliphatic rings. The lowest BCUT2D eigenvalue weighted by Gasteiger charge is -2.16. The van der Waals surface area contributed by atoms with Gasteiger partial charge in [-0.2, -0.15) is 0 Å². The van der Waals surface area contributed by atoms with Crippen molar-refractivity contribution in [2.45, 2.75) is 6.54 Å². The molecule has 2 rings (SSSR count). The van der Waals surface area contributed by atoms with Gasteiger partial charge in [-0.3, -0.25) is 4.79 Å². The largest absolute Gasteiger partial charge is 0.384 e. The van der Waals surface area contributed by atoms with Crippen molar-refractivity contribution in [3.8, 4) is 11.8 Å². The predicted octanol–water partition coefficient (Wildman–Crippen LogP) is 2.36. The van der Waals surface area contributed by atoms with Crippen LogP contribution < -0.4 is 0 Å². The highest BCUT2D eigenvalue weighted by molar-refractivity contribution is 7.10. The van der Waals surface area contributed by atoms with Gasteiger partial charge in [-0.15, -0.1) is 11.3 Å². The average molecular weight is 323 g/mol. The first-order valence-corrected chi connectivity index (χ1v) is 7.51. The van der Waals surface area contributed by atoms with E-state index in [1.54, 1.807) is 35.8 Å². The van der Waals surface area contributed by atoms with Crippen LogP contribution in [0, 0.1) is 11.8 Å². The number of thiophene rings is 1. The van der Waals surface area contributed by atoms with Gasteiger partial charge in [0.15, 0.2) is 0 Å². The summed E-state index contributed by atoms with van der Waals surface area (Å²) in [6, 6.07) is 3.59. The van der Waals surface area contributed by atoms with E-state index in [1.165, 1.54) is 11.3 Å². The van der Waals surface area contributed by atoms with Crippen molar-refractivity contribution >= 4 is 28.8 Å². The third-order valence-electron chi connectivity index (χ3n) is 2.90. The number of nitrogens with zero attached hydrogens (tertiary/aromatic N) is 2. The Morgan fingerprint density at radius 2 is 2.29 bits per heavy atom. The Bertz CT molecular complexity index is 709. The average Bonchev–Trinajstić information content (AvgIpc) is 3.02. The van der Waals surface area contributed by atoms with Gasteiger partial charge >= 0.3 is 0 Å². The fraction of sp³-hybridized carbons (Fsp3) is 0.267. The SMILES string of the molecule is CN(Cc1cc(C#CCO)cs1)C(=O)c1cc(Cl)cn1C. The standard InChI is InChI=1S/C15H15ClN2O2S/c1-17-8-12(16)7-14(17)15(20)18(2)9-13-6-11(10-21-13)4-3-5-19/h6-8,10,19H,5,9H2,1-2H3. The summed E-state index contributed by atoms with van der Waals surface area (Å²) in [6.45, 7) is 0.352. The number of halogens is 1. The second kappa shape index (κ2) is 6.81. The summed E-state index contributed by atoms with van der Waals surface area (Å²) in [7, 11) is 3.54. The lowest BCUT2D eigenvalue weighted by atomic mass is 10.3. The van der Waals surface area contributed by atoms with Crippen molar-refractivity contribution in [1.29, 1.82) is 0 Å². The zero-order valence-corrected chi connectivity index (χ0v) is 13.3. The van der Waals surface area contributed by atoms with Gasteiger partial charge in [-0.25, -0.2) is 0 Å². The molecule has 0 saturated carbocycles. The van der Waals surface area contributed by atoms with Crippen LogP contribution in [0.2, 0.25) is 5.02 Å². The zero-order chi connectivity index (χ0) is 15.4. The molecule has 0 aliphatic carbocycles. The summed E-state index contributed by atoms with van der Waals surface area (Å²) in [5.41, 5.74) is 1.41. The number of carbonyl (C=O) groups excluding carboxylic acids is 1. The summed E-state index contributed by atoms with van der Waals surface area (Å²) in [5, 5.41) is 11.1. The van der Waals surface area contributed by atoms with Crippen molar-refractivity contribution < 1.29 is 9.90 Å². The molecule has 0 aliphatic heterocycles. The Morgan fingerprint density at radius 1 is 1.52 bits per heavy atom. The summed E-state index contributed by atoms with van der Waals surface area (Å²) in [4.78, 5) is 15.0. The smallest absolute Gasteiger partial charge is 0.270 e. The van der Waals surface area contributed by atoms with Crippen molar-refractivity contribution in [3.05, 3.63) is 44.9 Å². The Kier molecular flexibility index (Phi) is 5.07. The van der Waals surface area contributed by atoms with Crippen molar-refractivity contribution in [2.75, 3.05) is 13.7 Å². The molecule has 0 fully saturated rings. The molecule has 0 radical (unpaired) electrons. The quantitative estimate of drug-likeness (QED) is 0.882. The van der Waals surface area contributed by atoms with Crippen molar-refractivity contribution in [2.24, 2.45) is 7.05 Å². The van der Waals surface area contributed by atoms with E-state index in [0.29, 0.717) is 17.3 Å². The maximum Gasteiger partial charge on any atom is 0.270 e. The van der Waals surface area contributed by atoms with Gasteiger partial charge in [0.2, 0.25) is 0 Å². The van der Waals surface area contributed by atoms with Crippen LogP contribution in [0.4, 0.5) is 0 Å². The van der Waals surface area contributed by atoms with Crippen LogP contribution in [-0.2, 0) is 13.6 Å². The number of rotatable bonds is 3. The minimum absolute atomic E-state index is 0.0826. The Balaban J connectivity index is 2.07. The molecule has 2 aromatic heterocycles. The number of hydrogen-bond acceptors (Lipinski definition) is 3. The molecule has 0 spiro atoms. The molecular weight excluding hydrogens is 308 g/mol. The second-order valence-corrected chi connectivity index (χ2v) is 6.01. The first-order chi connectivity index (χ1) is 10.0. The Hall–Kier alpha value is -1.74. The molecule has 0 bridgehead atoms. The third kappa shape index (κ3) is 3.88. The van der Waals surface area contributed by atoms with Gasteiger partial charge in [0.25, 0.3) is 5.91 Å². The van der Waals surface area contributed by atoms with E-state index in [4.69, 9.17) is 16.7 Å². The highest BCUT2D eigenvalue weighted by atomic mass is 35.5. The number of aromatic nitrogens is 1. The van der Waals surface area contributed by atoms with E-state index in [1.807, 2.05) is 11.4 Å². The van der Waals surface area contributed by atoms with Gasteiger partial charge in [-0.05, 0) is 12.1 Å². The van der Waals surface area contributed by atoms with E-state index < -0.39 is 0 Å². The molecule has 0 atom stereocenters. The molecule has 1 amide bonds. The summed E-state index contributed by atoms with van der Waals surface area (Å²) >= 11 is 7.44. The minimum Gasteiger partial charge on any atom is -0.384 e. The molecule has 0 saturated heterocycles.